The minimum absolute atomic E-state index is 0.0919. The number of likely N-dealkylation sites (tertiary alicyclic amines) is 1. The molecule has 1 atom stereocenters. The van der Waals surface area contributed by atoms with E-state index >= 15 is 0 Å². The fourth-order valence-corrected chi connectivity index (χ4v) is 3.62. The second-order valence-electron chi connectivity index (χ2n) is 7.23. The van der Waals surface area contributed by atoms with Gasteiger partial charge in [-0.15, -0.1) is 0 Å². The molecule has 0 radical (unpaired) electrons. The van der Waals surface area contributed by atoms with E-state index in [1.165, 1.54) is 18.2 Å². The van der Waals surface area contributed by atoms with Crippen LogP contribution < -0.4 is 0 Å². The number of aromatic nitrogens is 2. The van der Waals surface area contributed by atoms with E-state index in [4.69, 9.17) is 4.52 Å². The van der Waals surface area contributed by atoms with Gasteiger partial charge in [0.2, 0.25) is 11.7 Å². The lowest BCUT2D eigenvalue weighted by molar-refractivity contribution is -0.385. The number of rotatable bonds is 4. The molecule has 4 rings (SSSR count). The van der Waals surface area contributed by atoms with E-state index in [2.05, 4.69) is 10.1 Å². The van der Waals surface area contributed by atoms with Gasteiger partial charge in [0.25, 0.3) is 11.6 Å². The van der Waals surface area contributed by atoms with Crippen LogP contribution >= 0.6 is 0 Å². The van der Waals surface area contributed by atoms with Gasteiger partial charge in [0.05, 0.1) is 4.92 Å². The quantitative estimate of drug-likeness (QED) is 0.465. The van der Waals surface area contributed by atoms with Gasteiger partial charge in [-0.1, -0.05) is 11.2 Å². The average Bonchev–Trinajstić information content (AvgIpc) is 3.24. The van der Waals surface area contributed by atoms with E-state index in [9.17, 15) is 19.3 Å². The van der Waals surface area contributed by atoms with Crippen molar-refractivity contribution in [3.8, 4) is 11.4 Å². The second-order valence-corrected chi connectivity index (χ2v) is 7.23. The number of piperidine rings is 1. The molecule has 30 heavy (non-hydrogen) atoms. The first-order valence-corrected chi connectivity index (χ1v) is 9.59. The van der Waals surface area contributed by atoms with Crippen LogP contribution in [0.15, 0.2) is 47.0 Å². The Balaban J connectivity index is 1.62. The molecule has 3 aromatic rings. The van der Waals surface area contributed by atoms with Crippen LogP contribution in [0.3, 0.4) is 0 Å². The number of amides is 1. The topological polar surface area (TPSA) is 102 Å². The van der Waals surface area contributed by atoms with Crippen LogP contribution in [0.1, 0.15) is 47.1 Å². The van der Waals surface area contributed by atoms with Crippen LogP contribution in [0.2, 0.25) is 0 Å². The van der Waals surface area contributed by atoms with Crippen LogP contribution in [0, 0.1) is 22.9 Å². The lowest BCUT2D eigenvalue weighted by atomic mass is 10.00. The van der Waals surface area contributed by atoms with Crippen molar-refractivity contribution in [2.24, 2.45) is 0 Å². The third-order valence-electron chi connectivity index (χ3n) is 5.25. The van der Waals surface area contributed by atoms with Gasteiger partial charge >= 0.3 is 0 Å². The lowest BCUT2D eigenvalue weighted by Gasteiger charge is -2.33. The minimum Gasteiger partial charge on any atom is -0.337 e. The Morgan fingerprint density at radius 3 is 2.73 bits per heavy atom. The Kier molecular flexibility index (Phi) is 5.26. The lowest BCUT2D eigenvalue weighted by Crippen LogP contribution is -2.38. The Bertz CT molecular complexity index is 1100. The molecular formula is C21H19FN4O4. The molecule has 0 N–H and O–H groups in total. The normalized spacial score (nSPS) is 16.5. The Morgan fingerprint density at radius 2 is 2.00 bits per heavy atom. The van der Waals surface area contributed by atoms with Crippen LogP contribution in [0.25, 0.3) is 11.4 Å². The van der Waals surface area contributed by atoms with Crippen molar-refractivity contribution in [1.29, 1.82) is 0 Å². The third-order valence-corrected chi connectivity index (χ3v) is 5.25. The van der Waals surface area contributed by atoms with Crippen molar-refractivity contribution in [3.63, 3.8) is 0 Å². The molecule has 0 saturated carbocycles. The summed E-state index contributed by atoms with van der Waals surface area (Å²) in [4.78, 5) is 29.9. The Morgan fingerprint density at radius 1 is 1.23 bits per heavy atom. The first-order chi connectivity index (χ1) is 14.4. The molecule has 1 aromatic heterocycles. The second kappa shape index (κ2) is 8.02. The molecule has 1 aliphatic heterocycles. The Hall–Kier alpha value is -3.62. The number of aryl methyl sites for hydroxylation is 1. The zero-order chi connectivity index (χ0) is 21.3. The van der Waals surface area contributed by atoms with Gasteiger partial charge < -0.3 is 9.42 Å². The van der Waals surface area contributed by atoms with Gasteiger partial charge in [0.15, 0.2) is 0 Å². The van der Waals surface area contributed by atoms with Crippen molar-refractivity contribution >= 4 is 11.6 Å². The van der Waals surface area contributed by atoms with Crippen molar-refractivity contribution in [1.82, 2.24) is 15.0 Å². The number of halogens is 1. The number of carbonyl (C=O) groups is 1. The highest BCUT2D eigenvalue weighted by Gasteiger charge is 2.33. The summed E-state index contributed by atoms with van der Waals surface area (Å²) in [6.45, 7) is 2.12. The van der Waals surface area contributed by atoms with Gasteiger partial charge in [0.1, 0.15) is 11.9 Å². The largest absolute Gasteiger partial charge is 0.337 e. The fourth-order valence-electron chi connectivity index (χ4n) is 3.62. The fraction of sp³-hybridized carbons (Fsp3) is 0.286. The molecule has 0 spiro atoms. The summed E-state index contributed by atoms with van der Waals surface area (Å²) >= 11 is 0. The van der Waals surface area contributed by atoms with E-state index < -0.39 is 11.0 Å². The van der Waals surface area contributed by atoms with E-state index in [1.807, 2.05) is 0 Å². The molecule has 2 aromatic carbocycles. The standard InChI is InChI=1S/C21H19FN4O4/c1-13-5-6-15(12-18(13)26(28)29)21(27)25-11-3-2-4-17(25)20-23-19(24-30-20)14-7-9-16(22)10-8-14/h5-10,12,17H,2-4,11H2,1H3. The van der Waals surface area contributed by atoms with Gasteiger partial charge in [-0.05, 0) is 56.5 Å². The van der Waals surface area contributed by atoms with E-state index in [0.717, 1.165) is 12.8 Å². The van der Waals surface area contributed by atoms with Crippen LogP contribution in [0.5, 0.6) is 0 Å². The monoisotopic (exact) mass is 410 g/mol. The van der Waals surface area contributed by atoms with Gasteiger partial charge in [-0.25, -0.2) is 4.39 Å². The molecule has 2 heterocycles. The van der Waals surface area contributed by atoms with Crippen LogP contribution in [0.4, 0.5) is 10.1 Å². The molecule has 9 heteroatoms. The summed E-state index contributed by atoms with van der Waals surface area (Å²) in [5.41, 5.74) is 1.25. The minimum atomic E-state index is -0.493. The van der Waals surface area contributed by atoms with Gasteiger partial charge in [-0.2, -0.15) is 4.98 Å². The number of carbonyl (C=O) groups excluding carboxylic acids is 1. The van der Waals surface area contributed by atoms with Crippen molar-refractivity contribution in [3.05, 3.63) is 75.4 Å². The first kappa shape index (κ1) is 19.7. The molecular weight excluding hydrogens is 391 g/mol. The zero-order valence-electron chi connectivity index (χ0n) is 16.2. The predicted molar refractivity (Wildman–Crippen MR) is 105 cm³/mol. The van der Waals surface area contributed by atoms with Crippen molar-refractivity contribution in [2.45, 2.75) is 32.2 Å². The van der Waals surface area contributed by atoms with Gasteiger partial charge in [-0.3, -0.25) is 14.9 Å². The van der Waals surface area contributed by atoms with E-state index in [0.29, 0.717) is 35.8 Å². The van der Waals surface area contributed by atoms with Crippen molar-refractivity contribution in [2.75, 3.05) is 6.54 Å². The average molecular weight is 410 g/mol. The first-order valence-electron chi connectivity index (χ1n) is 9.59. The number of nitro groups is 1. The molecule has 0 aliphatic carbocycles. The van der Waals surface area contributed by atoms with E-state index in [-0.39, 0.29) is 23.0 Å². The number of nitrogens with zero attached hydrogens (tertiary/aromatic N) is 4. The maximum Gasteiger partial charge on any atom is 0.273 e. The molecule has 1 aliphatic rings. The highest BCUT2D eigenvalue weighted by molar-refractivity contribution is 5.95. The number of hydrogen-bond donors (Lipinski definition) is 0. The molecule has 8 nitrogen and oxygen atoms in total. The Labute approximate surface area is 171 Å². The van der Waals surface area contributed by atoms with Gasteiger partial charge in [0, 0.05) is 29.3 Å². The van der Waals surface area contributed by atoms with Crippen LogP contribution in [-0.2, 0) is 0 Å². The molecule has 1 saturated heterocycles. The van der Waals surface area contributed by atoms with Crippen LogP contribution in [-0.4, -0.2) is 32.4 Å². The molecule has 1 unspecified atom stereocenters. The predicted octanol–water partition coefficient (Wildman–Crippen LogP) is 4.46. The zero-order valence-corrected chi connectivity index (χ0v) is 16.2. The summed E-state index contributed by atoms with van der Waals surface area (Å²) < 4.78 is 18.6. The smallest absolute Gasteiger partial charge is 0.273 e. The number of hydrogen-bond acceptors (Lipinski definition) is 6. The summed E-state index contributed by atoms with van der Waals surface area (Å²) in [5.74, 6) is -0.0685. The highest BCUT2D eigenvalue weighted by atomic mass is 19.1. The van der Waals surface area contributed by atoms with Crippen molar-refractivity contribution < 1.29 is 18.6 Å². The molecule has 0 bridgehead atoms. The maximum absolute atomic E-state index is 13.2. The summed E-state index contributed by atoms with van der Waals surface area (Å²) in [5, 5.41) is 15.2. The molecule has 154 valence electrons. The summed E-state index contributed by atoms with van der Waals surface area (Å²) in [6, 6.07) is 9.78. The number of benzene rings is 2. The summed E-state index contributed by atoms with van der Waals surface area (Å²) in [7, 11) is 0. The maximum atomic E-state index is 13.2. The molecule has 1 fully saturated rings. The van der Waals surface area contributed by atoms with E-state index in [1.54, 1.807) is 36.1 Å². The summed E-state index contributed by atoms with van der Waals surface area (Å²) in [6.07, 6.45) is 2.34. The molecule has 1 amide bonds. The number of nitro benzene ring substituents is 1. The third kappa shape index (κ3) is 3.78. The highest BCUT2D eigenvalue weighted by Crippen LogP contribution is 2.33. The SMILES string of the molecule is Cc1ccc(C(=O)N2CCCCC2c2nc(-c3ccc(F)cc3)no2)cc1[N+](=O)[O-].